The molecule has 0 saturated carbocycles. The summed E-state index contributed by atoms with van der Waals surface area (Å²) in [5, 5.41) is 11.3. The Morgan fingerprint density at radius 1 is 1.10 bits per heavy atom. The molecule has 1 atom stereocenters. The van der Waals surface area contributed by atoms with Crippen molar-refractivity contribution < 1.29 is 13.3 Å². The summed E-state index contributed by atoms with van der Waals surface area (Å²) in [6, 6.07) is 6.04. The predicted molar refractivity (Wildman–Crippen MR) is 107 cm³/mol. The smallest absolute Gasteiger partial charge is 0.270 e. The van der Waals surface area contributed by atoms with Crippen LogP contribution in [0.25, 0.3) is 0 Å². The Morgan fingerprint density at radius 3 is 2.59 bits per heavy atom. The molecule has 3 heterocycles. The second kappa shape index (κ2) is 8.03. The third-order valence-electron chi connectivity index (χ3n) is 5.62. The second-order valence-electron chi connectivity index (χ2n) is 7.44. The number of non-ortho nitro benzene ring substituents is 1. The number of benzene rings is 1. The average molecular weight is 417 g/mol. The van der Waals surface area contributed by atoms with Crippen LogP contribution in [0.1, 0.15) is 37.3 Å². The third kappa shape index (κ3) is 3.95. The van der Waals surface area contributed by atoms with E-state index in [0.717, 1.165) is 31.4 Å². The molecule has 4 rings (SSSR count). The summed E-state index contributed by atoms with van der Waals surface area (Å²) in [6.45, 7) is 2.21. The summed E-state index contributed by atoms with van der Waals surface area (Å²) >= 11 is 0. The van der Waals surface area contributed by atoms with Gasteiger partial charge in [-0.3, -0.25) is 10.1 Å². The maximum atomic E-state index is 13.3. The van der Waals surface area contributed by atoms with Crippen molar-refractivity contribution in [2.24, 2.45) is 0 Å². The number of nitro benzene ring substituents is 1. The number of hydrogen-bond acceptors (Lipinski definition) is 7. The van der Waals surface area contributed by atoms with Crippen molar-refractivity contribution in [2.45, 2.75) is 36.5 Å². The molecule has 2 saturated heterocycles. The molecule has 2 fully saturated rings. The first kappa shape index (κ1) is 19.7. The maximum absolute atomic E-state index is 13.3. The van der Waals surface area contributed by atoms with E-state index >= 15 is 0 Å². The molecule has 29 heavy (non-hydrogen) atoms. The monoisotopic (exact) mass is 417 g/mol. The number of anilines is 1. The van der Waals surface area contributed by atoms with Crippen LogP contribution in [-0.4, -0.2) is 53.8 Å². The lowest BCUT2D eigenvalue weighted by molar-refractivity contribution is -0.385. The van der Waals surface area contributed by atoms with E-state index in [1.54, 1.807) is 12.3 Å². The van der Waals surface area contributed by atoms with Gasteiger partial charge in [0.25, 0.3) is 5.69 Å². The molecule has 2 aliphatic rings. The van der Waals surface area contributed by atoms with Gasteiger partial charge in [-0.25, -0.2) is 18.4 Å². The van der Waals surface area contributed by atoms with Crippen LogP contribution in [0.3, 0.4) is 0 Å². The molecule has 0 spiro atoms. The highest BCUT2D eigenvalue weighted by atomic mass is 32.2. The van der Waals surface area contributed by atoms with Gasteiger partial charge in [0.15, 0.2) is 0 Å². The zero-order valence-corrected chi connectivity index (χ0v) is 16.8. The van der Waals surface area contributed by atoms with Gasteiger partial charge in [-0.1, -0.05) is 0 Å². The van der Waals surface area contributed by atoms with Gasteiger partial charge in [0.2, 0.25) is 10.0 Å². The van der Waals surface area contributed by atoms with E-state index in [-0.39, 0.29) is 16.5 Å². The first-order valence-electron chi connectivity index (χ1n) is 9.76. The van der Waals surface area contributed by atoms with Crippen LogP contribution in [0.4, 0.5) is 11.4 Å². The molecular formula is C19H23N5O4S. The molecule has 1 aromatic carbocycles. The standard InChI is InChI=1S/C19H23N5O4S/c25-24(26)16-5-6-18(19(12-16)29(27,28)23-10-1-2-11-23)22-9-3-4-15(13-22)17-7-8-20-14-21-17/h5-8,12,14-15H,1-4,9-11,13H2. The number of aromatic nitrogens is 2. The fraction of sp³-hybridized carbons (Fsp3) is 0.474. The Kier molecular flexibility index (Phi) is 5.46. The number of rotatable bonds is 5. The Labute approximate surface area is 169 Å². The number of nitrogens with zero attached hydrogens (tertiary/aromatic N) is 5. The summed E-state index contributed by atoms with van der Waals surface area (Å²) in [6.07, 6.45) is 6.68. The molecule has 0 amide bonds. The lowest BCUT2D eigenvalue weighted by Gasteiger charge is -2.35. The largest absolute Gasteiger partial charge is 0.370 e. The Morgan fingerprint density at radius 2 is 1.90 bits per heavy atom. The fourth-order valence-corrected chi connectivity index (χ4v) is 5.88. The van der Waals surface area contributed by atoms with E-state index in [9.17, 15) is 18.5 Å². The van der Waals surface area contributed by atoms with Crippen molar-refractivity contribution in [3.63, 3.8) is 0 Å². The van der Waals surface area contributed by atoms with Crippen LogP contribution in [0.15, 0.2) is 41.7 Å². The van der Waals surface area contributed by atoms with E-state index in [1.807, 2.05) is 11.0 Å². The van der Waals surface area contributed by atoms with Crippen molar-refractivity contribution in [2.75, 3.05) is 31.1 Å². The van der Waals surface area contributed by atoms with Gasteiger partial charge in [-0.05, 0) is 37.8 Å². The van der Waals surface area contributed by atoms with Gasteiger partial charge < -0.3 is 4.90 Å². The van der Waals surface area contributed by atoms with Crippen LogP contribution in [0.5, 0.6) is 0 Å². The summed E-state index contributed by atoms with van der Waals surface area (Å²) in [4.78, 5) is 21.1. The van der Waals surface area contributed by atoms with E-state index in [1.165, 1.54) is 22.8 Å². The zero-order valence-electron chi connectivity index (χ0n) is 16.0. The molecule has 10 heteroatoms. The van der Waals surface area contributed by atoms with Gasteiger partial charge in [0, 0.05) is 56.1 Å². The highest BCUT2D eigenvalue weighted by Gasteiger charge is 2.33. The first-order valence-corrected chi connectivity index (χ1v) is 11.2. The van der Waals surface area contributed by atoms with Gasteiger partial charge in [-0.2, -0.15) is 4.31 Å². The summed E-state index contributed by atoms with van der Waals surface area (Å²) in [5.41, 5.74) is 1.24. The fourth-order valence-electron chi connectivity index (χ4n) is 4.13. The van der Waals surface area contributed by atoms with Gasteiger partial charge >= 0.3 is 0 Å². The molecule has 0 aliphatic carbocycles. The molecule has 0 N–H and O–H groups in total. The minimum atomic E-state index is -3.80. The Balaban J connectivity index is 1.72. The van der Waals surface area contributed by atoms with Crippen LogP contribution >= 0.6 is 0 Å². The number of piperidine rings is 1. The van der Waals surface area contributed by atoms with Crippen molar-refractivity contribution >= 4 is 21.4 Å². The highest BCUT2D eigenvalue weighted by molar-refractivity contribution is 7.89. The first-order chi connectivity index (χ1) is 14.0. The molecule has 2 aliphatic heterocycles. The zero-order chi connectivity index (χ0) is 20.4. The van der Waals surface area contributed by atoms with Gasteiger partial charge in [-0.15, -0.1) is 0 Å². The molecule has 1 aromatic heterocycles. The van der Waals surface area contributed by atoms with Crippen LogP contribution in [0.2, 0.25) is 0 Å². The molecular weight excluding hydrogens is 394 g/mol. The highest BCUT2D eigenvalue weighted by Crippen LogP contribution is 2.36. The Hall–Kier alpha value is -2.59. The third-order valence-corrected chi connectivity index (χ3v) is 7.55. The van der Waals surface area contributed by atoms with Crippen molar-refractivity contribution in [3.05, 3.63) is 52.6 Å². The number of sulfonamides is 1. The topological polar surface area (TPSA) is 110 Å². The minimum Gasteiger partial charge on any atom is -0.370 e. The average Bonchev–Trinajstić information content (AvgIpc) is 3.30. The molecule has 9 nitrogen and oxygen atoms in total. The SMILES string of the molecule is O=[N+]([O-])c1ccc(N2CCCC(c3ccncn3)C2)c(S(=O)(=O)N2CCCC2)c1. The lowest BCUT2D eigenvalue weighted by atomic mass is 9.94. The van der Waals surface area contributed by atoms with Crippen LogP contribution < -0.4 is 4.90 Å². The Bertz CT molecular complexity index is 993. The van der Waals surface area contributed by atoms with E-state index < -0.39 is 14.9 Å². The lowest BCUT2D eigenvalue weighted by Crippen LogP contribution is -2.37. The van der Waals surface area contributed by atoms with Gasteiger partial charge in [0.05, 0.1) is 10.6 Å². The molecule has 0 bridgehead atoms. The van der Waals surface area contributed by atoms with Crippen LogP contribution in [-0.2, 0) is 10.0 Å². The summed E-state index contributed by atoms with van der Waals surface area (Å²) in [7, 11) is -3.80. The molecule has 2 aromatic rings. The van der Waals surface area contributed by atoms with Crippen LogP contribution in [0, 0.1) is 10.1 Å². The second-order valence-corrected chi connectivity index (χ2v) is 9.35. The van der Waals surface area contributed by atoms with E-state index in [4.69, 9.17) is 0 Å². The van der Waals surface area contributed by atoms with Crippen molar-refractivity contribution in [1.82, 2.24) is 14.3 Å². The van der Waals surface area contributed by atoms with E-state index in [0.29, 0.717) is 31.9 Å². The van der Waals surface area contributed by atoms with Crippen molar-refractivity contribution in [1.29, 1.82) is 0 Å². The van der Waals surface area contributed by atoms with Crippen molar-refractivity contribution in [3.8, 4) is 0 Å². The summed E-state index contributed by atoms with van der Waals surface area (Å²) in [5.74, 6) is 0.157. The molecule has 1 unspecified atom stereocenters. The quantitative estimate of drug-likeness (QED) is 0.543. The summed E-state index contributed by atoms with van der Waals surface area (Å²) < 4.78 is 28.0. The molecule has 154 valence electrons. The normalized spacial score (nSPS) is 20.7. The minimum absolute atomic E-state index is 0.0249. The maximum Gasteiger partial charge on any atom is 0.270 e. The number of nitro groups is 1. The predicted octanol–water partition coefficient (Wildman–Crippen LogP) is 2.55. The van der Waals surface area contributed by atoms with E-state index in [2.05, 4.69) is 9.97 Å². The number of hydrogen-bond donors (Lipinski definition) is 0. The van der Waals surface area contributed by atoms with Gasteiger partial charge in [0.1, 0.15) is 11.2 Å². The molecule has 0 radical (unpaired) electrons.